The molecule has 0 unspecified atom stereocenters. The number of esters is 2. The number of H-pyrrole nitrogens is 1. The summed E-state index contributed by atoms with van der Waals surface area (Å²) in [7, 11) is 1.27. The van der Waals surface area contributed by atoms with E-state index in [1.54, 1.807) is 24.3 Å². The summed E-state index contributed by atoms with van der Waals surface area (Å²) in [5, 5.41) is 0.303. The summed E-state index contributed by atoms with van der Waals surface area (Å²) in [6.07, 6.45) is 0. The highest BCUT2D eigenvalue weighted by Crippen LogP contribution is 2.21. The van der Waals surface area contributed by atoms with Gasteiger partial charge in [-0.1, -0.05) is 42.5 Å². The van der Waals surface area contributed by atoms with E-state index in [9.17, 15) is 14.4 Å². The Morgan fingerprint density at radius 2 is 1.67 bits per heavy atom. The van der Waals surface area contributed by atoms with Crippen molar-refractivity contribution >= 4 is 22.8 Å². The Labute approximate surface area is 188 Å². The zero-order chi connectivity index (χ0) is 23.2. The number of nitrogens with zero attached hydrogens (tertiary/aromatic N) is 1. The summed E-state index contributed by atoms with van der Waals surface area (Å²) >= 11 is 0. The van der Waals surface area contributed by atoms with E-state index < -0.39 is 17.5 Å². The van der Waals surface area contributed by atoms with Crippen LogP contribution in [0.5, 0.6) is 5.75 Å². The molecule has 0 aliphatic carbocycles. The highest BCUT2D eigenvalue weighted by molar-refractivity contribution is 5.94. The normalized spacial score (nSPS) is 10.6. The molecular weight excluding hydrogens is 424 g/mol. The van der Waals surface area contributed by atoms with Gasteiger partial charge in [-0.2, -0.15) is 0 Å². The minimum Gasteiger partial charge on any atom is -0.488 e. The number of hydrogen-bond acceptors (Lipinski definition) is 7. The second-order valence-electron chi connectivity index (χ2n) is 7.08. The number of carbonyl (C=O) groups is 2. The number of carbonyl (C=O) groups excluding carboxylic acids is 2. The molecule has 0 saturated carbocycles. The maximum absolute atomic E-state index is 12.7. The molecule has 1 aromatic heterocycles. The summed E-state index contributed by atoms with van der Waals surface area (Å²) in [6, 6.07) is 20.8. The number of benzene rings is 3. The first kappa shape index (κ1) is 21.8. The number of hydrogen-bond donors (Lipinski definition) is 1. The molecule has 33 heavy (non-hydrogen) atoms. The average Bonchev–Trinajstić information content (AvgIpc) is 2.86. The van der Waals surface area contributed by atoms with Crippen LogP contribution < -0.4 is 10.3 Å². The van der Waals surface area contributed by atoms with Crippen molar-refractivity contribution in [2.24, 2.45) is 0 Å². The van der Waals surface area contributed by atoms with Crippen molar-refractivity contribution in [3.05, 3.63) is 106 Å². The molecule has 3 aromatic carbocycles. The van der Waals surface area contributed by atoms with Crippen molar-refractivity contribution < 1.29 is 23.8 Å². The van der Waals surface area contributed by atoms with Crippen LogP contribution in [0.1, 0.15) is 32.1 Å². The summed E-state index contributed by atoms with van der Waals surface area (Å²) < 4.78 is 15.9. The molecule has 0 bridgehead atoms. The first-order valence-electron chi connectivity index (χ1n) is 10.1. The van der Waals surface area contributed by atoms with Gasteiger partial charge in [0.15, 0.2) is 0 Å². The zero-order valence-corrected chi connectivity index (χ0v) is 17.7. The smallest absolute Gasteiger partial charge is 0.342 e. The number of aromatic amines is 1. The Morgan fingerprint density at radius 3 is 2.45 bits per heavy atom. The molecule has 166 valence electrons. The van der Waals surface area contributed by atoms with Gasteiger partial charge in [0, 0.05) is 0 Å². The van der Waals surface area contributed by atoms with Crippen molar-refractivity contribution in [2.45, 2.75) is 13.2 Å². The standard InChI is InChI=1S/C25H20N2O6/c1-31-24(29)17-11-12-18-20(13-17)26-22(27-23(18)28)15-33-25(30)19-9-5-6-10-21(19)32-14-16-7-3-2-4-8-16/h2-13H,14-15H2,1H3,(H,26,27,28). The van der Waals surface area contributed by atoms with Crippen molar-refractivity contribution in [2.75, 3.05) is 7.11 Å². The van der Waals surface area contributed by atoms with E-state index in [2.05, 4.69) is 9.97 Å². The third kappa shape index (κ3) is 5.07. The number of methoxy groups -OCH3 is 1. The molecular formula is C25H20N2O6. The molecule has 1 heterocycles. The van der Waals surface area contributed by atoms with Gasteiger partial charge in [0.05, 0.1) is 23.6 Å². The van der Waals surface area contributed by atoms with Gasteiger partial charge in [-0.05, 0) is 35.9 Å². The van der Waals surface area contributed by atoms with Crippen LogP contribution in [0, 0.1) is 0 Å². The van der Waals surface area contributed by atoms with Crippen LogP contribution in [-0.4, -0.2) is 29.0 Å². The van der Waals surface area contributed by atoms with Crippen LogP contribution in [0.15, 0.2) is 77.6 Å². The number of aromatic nitrogens is 2. The molecule has 4 rings (SSSR count). The minimum absolute atomic E-state index is 0.144. The van der Waals surface area contributed by atoms with Gasteiger partial charge < -0.3 is 19.2 Å². The monoisotopic (exact) mass is 444 g/mol. The van der Waals surface area contributed by atoms with Gasteiger partial charge in [-0.25, -0.2) is 14.6 Å². The third-order valence-corrected chi connectivity index (χ3v) is 4.86. The molecule has 4 aromatic rings. The van der Waals surface area contributed by atoms with E-state index in [1.807, 2.05) is 30.3 Å². The van der Waals surface area contributed by atoms with Crippen molar-refractivity contribution in [3.8, 4) is 5.75 Å². The number of ether oxygens (including phenoxy) is 3. The Hall–Kier alpha value is -4.46. The Balaban J connectivity index is 1.49. The van der Waals surface area contributed by atoms with E-state index in [4.69, 9.17) is 14.2 Å². The fourth-order valence-electron chi connectivity index (χ4n) is 3.21. The third-order valence-electron chi connectivity index (χ3n) is 4.86. The SMILES string of the molecule is COC(=O)c1ccc2c(=O)[nH]c(COC(=O)c3ccccc3OCc3ccccc3)nc2c1. The molecule has 1 N–H and O–H groups in total. The van der Waals surface area contributed by atoms with E-state index in [0.717, 1.165) is 5.56 Å². The van der Waals surface area contributed by atoms with Gasteiger partial charge in [0.1, 0.15) is 30.4 Å². The van der Waals surface area contributed by atoms with E-state index >= 15 is 0 Å². The first-order chi connectivity index (χ1) is 16.0. The zero-order valence-electron chi connectivity index (χ0n) is 17.7. The van der Waals surface area contributed by atoms with Crippen LogP contribution in [0.25, 0.3) is 10.9 Å². The van der Waals surface area contributed by atoms with Crippen molar-refractivity contribution in [1.82, 2.24) is 9.97 Å². The number of rotatable bonds is 7. The summed E-state index contributed by atoms with van der Waals surface area (Å²) in [5.74, 6) is -0.636. The maximum Gasteiger partial charge on any atom is 0.342 e. The maximum atomic E-state index is 12.7. The van der Waals surface area contributed by atoms with Crippen molar-refractivity contribution in [3.63, 3.8) is 0 Å². The fourth-order valence-corrected chi connectivity index (χ4v) is 3.21. The van der Waals surface area contributed by atoms with Gasteiger partial charge in [-0.3, -0.25) is 4.79 Å². The molecule has 0 spiro atoms. The predicted molar refractivity (Wildman–Crippen MR) is 120 cm³/mol. The number of nitrogens with one attached hydrogen (secondary N) is 1. The van der Waals surface area contributed by atoms with Crippen LogP contribution in [0.2, 0.25) is 0 Å². The van der Waals surface area contributed by atoms with Gasteiger partial charge in [0.2, 0.25) is 0 Å². The molecule has 0 fully saturated rings. The number of fused-ring (bicyclic) bond motifs is 1. The van der Waals surface area contributed by atoms with Gasteiger partial charge >= 0.3 is 11.9 Å². The Morgan fingerprint density at radius 1 is 0.909 bits per heavy atom. The second-order valence-corrected chi connectivity index (χ2v) is 7.08. The van der Waals surface area contributed by atoms with Crippen LogP contribution in [0.3, 0.4) is 0 Å². The molecule has 0 aliphatic rings. The highest BCUT2D eigenvalue weighted by atomic mass is 16.5. The van der Waals surface area contributed by atoms with Crippen LogP contribution in [0.4, 0.5) is 0 Å². The molecule has 0 amide bonds. The molecule has 8 nitrogen and oxygen atoms in total. The van der Waals surface area contributed by atoms with Crippen molar-refractivity contribution in [1.29, 1.82) is 0 Å². The lowest BCUT2D eigenvalue weighted by atomic mass is 10.1. The van der Waals surface area contributed by atoms with E-state index in [1.165, 1.54) is 25.3 Å². The molecule has 0 saturated heterocycles. The molecule has 0 radical (unpaired) electrons. The fraction of sp³-hybridized carbons (Fsp3) is 0.120. The predicted octanol–water partition coefficient (Wildman–Crippen LogP) is 3.65. The lowest BCUT2D eigenvalue weighted by Crippen LogP contribution is -2.15. The minimum atomic E-state index is -0.621. The topological polar surface area (TPSA) is 108 Å². The summed E-state index contributed by atoms with van der Waals surface area (Å²) in [5.41, 5.74) is 1.36. The van der Waals surface area contributed by atoms with E-state index in [-0.39, 0.29) is 23.6 Å². The first-order valence-corrected chi connectivity index (χ1v) is 10.1. The highest BCUT2D eigenvalue weighted by Gasteiger charge is 2.15. The van der Waals surface area contributed by atoms with Gasteiger partial charge in [0.25, 0.3) is 5.56 Å². The number of para-hydroxylation sites is 1. The van der Waals surface area contributed by atoms with Gasteiger partial charge in [-0.15, -0.1) is 0 Å². The summed E-state index contributed by atoms with van der Waals surface area (Å²) in [6.45, 7) is 0.0344. The van der Waals surface area contributed by atoms with Crippen LogP contribution in [-0.2, 0) is 22.7 Å². The van der Waals surface area contributed by atoms with E-state index in [0.29, 0.717) is 23.3 Å². The Kier molecular flexibility index (Phi) is 6.45. The summed E-state index contributed by atoms with van der Waals surface area (Å²) in [4.78, 5) is 43.7. The lowest BCUT2D eigenvalue weighted by molar-refractivity contribution is 0.0457. The Bertz CT molecular complexity index is 1360. The average molecular weight is 444 g/mol. The van der Waals surface area contributed by atoms with Crippen LogP contribution >= 0.6 is 0 Å². The second kappa shape index (κ2) is 9.78. The molecule has 0 aliphatic heterocycles. The molecule has 0 atom stereocenters. The molecule has 8 heteroatoms. The largest absolute Gasteiger partial charge is 0.488 e. The quantitative estimate of drug-likeness (QED) is 0.434. The lowest BCUT2D eigenvalue weighted by Gasteiger charge is -2.11.